The van der Waals surface area contributed by atoms with Gasteiger partial charge in [0.1, 0.15) is 5.75 Å². The third-order valence-electron chi connectivity index (χ3n) is 7.84. The van der Waals surface area contributed by atoms with Crippen molar-refractivity contribution >= 4 is 80.5 Å². The number of carbonyl (C=O) groups is 1. The average molecular weight is 440 g/mol. The number of phenolic OH excluding ortho intramolecular Hbond substituents is 1. The molecule has 148 valence electrons. The zero-order valence-electron chi connectivity index (χ0n) is 16.2. The second-order valence-corrected chi connectivity index (χ2v) is 11.8. The van der Waals surface area contributed by atoms with E-state index in [1.54, 1.807) is 17.4 Å². The Labute approximate surface area is 181 Å². The zero-order chi connectivity index (χ0) is 20.3. The smallest absolute Gasteiger partial charge is 0.164 e. The summed E-state index contributed by atoms with van der Waals surface area (Å²) in [6.07, 6.45) is 3.19. The van der Waals surface area contributed by atoms with E-state index in [9.17, 15) is 14.1 Å². The van der Waals surface area contributed by atoms with E-state index in [1.165, 1.54) is 32.8 Å². The number of hydrogen-bond acceptors (Lipinski definition) is 5. The van der Waals surface area contributed by atoms with E-state index in [-0.39, 0.29) is 17.5 Å². The van der Waals surface area contributed by atoms with E-state index >= 15 is 0 Å². The Hall–Kier alpha value is -2.83. The lowest BCUT2D eigenvalue weighted by Crippen LogP contribution is -2.26. The number of carbonyl (C=O) groups excluding carboxylic acids is 1. The first kappa shape index (κ1) is 15.9. The van der Waals surface area contributed by atoms with E-state index in [1.807, 2.05) is 6.20 Å². The maximum atomic E-state index is 13.3. The maximum absolute atomic E-state index is 13.3. The molecule has 2 atom stereocenters. The molecule has 9 rings (SSSR count). The van der Waals surface area contributed by atoms with Gasteiger partial charge in [0.15, 0.2) is 5.78 Å². The summed E-state index contributed by atoms with van der Waals surface area (Å²) in [7, 11) is -0.973. The van der Waals surface area contributed by atoms with E-state index in [2.05, 4.69) is 6.07 Å². The Morgan fingerprint density at radius 1 is 1.00 bits per heavy atom. The van der Waals surface area contributed by atoms with Crippen LogP contribution in [0.3, 0.4) is 0 Å². The molecule has 0 amide bonds. The van der Waals surface area contributed by atoms with Crippen molar-refractivity contribution in [2.75, 3.05) is 5.75 Å². The van der Waals surface area contributed by atoms with Crippen molar-refractivity contribution in [2.45, 2.75) is 24.5 Å². The quantitative estimate of drug-likeness (QED) is 0.256. The first-order valence-corrected chi connectivity index (χ1v) is 12.8. The lowest BCUT2D eigenvalue weighted by molar-refractivity contribution is 0.0974. The van der Waals surface area contributed by atoms with Crippen LogP contribution in [0.15, 0.2) is 18.3 Å². The summed E-state index contributed by atoms with van der Waals surface area (Å²) in [4.78, 5) is 18.0. The number of hydrogen-bond donors (Lipinski definition) is 1. The highest BCUT2D eigenvalue weighted by atomic mass is 32.2. The topological polar surface area (TPSA) is 67.3 Å². The molecular weight excluding hydrogens is 426 g/mol. The van der Waals surface area contributed by atoms with Gasteiger partial charge in [0.2, 0.25) is 0 Å². The number of aromatic nitrogens is 1. The molecule has 0 radical (unpaired) electrons. The Balaban J connectivity index is 1.74. The molecule has 2 unspecified atom stereocenters. The van der Waals surface area contributed by atoms with Crippen molar-refractivity contribution in [1.29, 1.82) is 0 Å². The monoisotopic (exact) mass is 439 g/mol. The van der Waals surface area contributed by atoms with E-state index < -0.39 is 10.8 Å². The number of pyridine rings is 1. The summed E-state index contributed by atoms with van der Waals surface area (Å²) in [5.74, 6) is 1.57. The van der Waals surface area contributed by atoms with Gasteiger partial charge in [0, 0.05) is 79.4 Å². The molecule has 1 aliphatic heterocycles. The van der Waals surface area contributed by atoms with E-state index in [0.717, 1.165) is 54.0 Å². The lowest BCUT2D eigenvalue weighted by Gasteiger charge is -2.32. The number of thiophene rings is 1. The highest BCUT2D eigenvalue weighted by molar-refractivity contribution is 7.84. The predicted octanol–water partition coefficient (Wildman–Crippen LogP) is 5.33. The fourth-order valence-corrected chi connectivity index (χ4v) is 9.70. The number of rotatable bonds is 0. The minimum Gasteiger partial charge on any atom is -0.506 e. The van der Waals surface area contributed by atoms with Gasteiger partial charge < -0.3 is 5.11 Å². The molecule has 0 spiro atoms. The number of Topliss-reactive ketones (excluding diaryl/α,β-unsaturated/α-hetero) is 1. The predicted molar refractivity (Wildman–Crippen MR) is 125 cm³/mol. The zero-order valence-corrected chi connectivity index (χ0v) is 17.8. The van der Waals surface area contributed by atoms with Crippen LogP contribution in [0.4, 0.5) is 0 Å². The van der Waals surface area contributed by atoms with Crippen LogP contribution in [0.2, 0.25) is 0 Å². The van der Waals surface area contributed by atoms with Gasteiger partial charge in [-0.3, -0.25) is 14.0 Å². The van der Waals surface area contributed by atoms with Crippen LogP contribution in [0, 0.1) is 0 Å². The number of phenols is 1. The Bertz CT molecular complexity index is 1900. The van der Waals surface area contributed by atoms with Crippen LogP contribution in [-0.2, 0) is 23.0 Å². The Kier molecular flexibility index (Phi) is 2.39. The van der Waals surface area contributed by atoms with E-state index in [0.29, 0.717) is 17.9 Å². The van der Waals surface area contributed by atoms with Gasteiger partial charge in [-0.15, -0.1) is 11.3 Å². The first-order valence-electron chi connectivity index (χ1n) is 10.5. The highest BCUT2D eigenvalue weighted by Crippen LogP contribution is 2.58. The van der Waals surface area contributed by atoms with Crippen LogP contribution < -0.4 is 0 Å². The molecule has 3 aliphatic rings. The average Bonchev–Trinajstić information content (AvgIpc) is 3.32. The number of nitrogens with zero attached hydrogens (tertiary/aromatic N) is 1. The van der Waals surface area contributed by atoms with Gasteiger partial charge in [-0.1, -0.05) is 0 Å². The number of aromatic hydroxyl groups is 1. The summed E-state index contributed by atoms with van der Waals surface area (Å²) in [5.41, 5.74) is 6.49. The molecule has 0 fully saturated rings. The molecule has 0 saturated carbocycles. The third-order valence-corrected chi connectivity index (χ3v) is 10.5. The highest BCUT2D eigenvalue weighted by Gasteiger charge is 2.39. The van der Waals surface area contributed by atoms with Crippen molar-refractivity contribution in [3.05, 3.63) is 46.1 Å². The third kappa shape index (κ3) is 1.53. The van der Waals surface area contributed by atoms with Gasteiger partial charge in [-0.25, -0.2) is 0 Å². The van der Waals surface area contributed by atoms with Crippen molar-refractivity contribution in [2.24, 2.45) is 0 Å². The summed E-state index contributed by atoms with van der Waals surface area (Å²) in [6.45, 7) is 0. The molecule has 1 N–H and O–H groups in total. The molecule has 6 heteroatoms. The molecule has 6 aromatic rings. The van der Waals surface area contributed by atoms with Crippen LogP contribution in [0.5, 0.6) is 5.75 Å². The molecule has 2 aliphatic carbocycles. The van der Waals surface area contributed by atoms with Crippen molar-refractivity contribution in [1.82, 2.24) is 4.98 Å². The van der Waals surface area contributed by atoms with Crippen LogP contribution in [-0.4, -0.2) is 25.8 Å². The minimum absolute atomic E-state index is 0.0329. The van der Waals surface area contributed by atoms with Crippen molar-refractivity contribution < 1.29 is 14.1 Å². The molecule has 2 aromatic heterocycles. The second-order valence-electron chi connectivity index (χ2n) is 9.31. The van der Waals surface area contributed by atoms with Gasteiger partial charge in [-0.2, -0.15) is 0 Å². The summed E-state index contributed by atoms with van der Waals surface area (Å²) >= 11 is 1.62. The fraction of sp³-hybridized carbons (Fsp3) is 0.200. The van der Waals surface area contributed by atoms with Gasteiger partial charge >= 0.3 is 0 Å². The van der Waals surface area contributed by atoms with Crippen LogP contribution in [0.25, 0.3) is 52.6 Å². The molecular formula is C25H13NO3S2. The van der Waals surface area contributed by atoms with Crippen LogP contribution in [0.1, 0.15) is 45.0 Å². The van der Waals surface area contributed by atoms with Gasteiger partial charge in [0.25, 0.3) is 0 Å². The van der Waals surface area contributed by atoms with Gasteiger partial charge in [0.05, 0.1) is 16.0 Å². The van der Waals surface area contributed by atoms with Crippen molar-refractivity contribution in [3.63, 3.8) is 0 Å². The molecule has 0 bridgehead atoms. The summed E-state index contributed by atoms with van der Waals surface area (Å²) in [6, 6.07) is 3.92. The molecule has 4 aromatic carbocycles. The number of fused-ring (bicyclic) bond motifs is 1. The fourth-order valence-electron chi connectivity index (χ4n) is 6.85. The Morgan fingerprint density at radius 3 is 2.74 bits per heavy atom. The largest absolute Gasteiger partial charge is 0.506 e. The standard InChI is InChI=1S/C25H13NO3S2/c27-14-3-10-6-31(29)7-12-16(10)19-11(14)2-8-1-9-5-26-13-4-15(28)25-22-20(13)18(9)17(8)21(19)23(22)24(12)30-25/h2,4-5,10,28H,1,3,6-7H2. The number of ketones is 1. The SMILES string of the molecule is O=C1CC2CS(=O)Cc3c2c2c1cc1c4c5c(cnc6cc(O)c7sc3c(c24)c7c65)C1. The first-order chi connectivity index (χ1) is 15.1. The summed E-state index contributed by atoms with van der Waals surface area (Å²) in [5, 5.41) is 19.1. The van der Waals surface area contributed by atoms with Crippen molar-refractivity contribution in [3.8, 4) is 5.75 Å². The maximum Gasteiger partial charge on any atom is 0.164 e. The second kappa shape index (κ2) is 4.66. The van der Waals surface area contributed by atoms with Crippen LogP contribution >= 0.6 is 11.3 Å². The molecule has 0 saturated heterocycles. The lowest BCUT2D eigenvalue weighted by atomic mass is 9.75. The minimum atomic E-state index is -0.973. The summed E-state index contributed by atoms with van der Waals surface area (Å²) < 4.78 is 14.8. The molecule has 3 heterocycles. The molecule has 4 nitrogen and oxygen atoms in total. The molecule has 31 heavy (non-hydrogen) atoms. The van der Waals surface area contributed by atoms with E-state index in [4.69, 9.17) is 4.98 Å². The Morgan fingerprint density at radius 2 is 1.84 bits per heavy atom. The normalized spacial score (nSPS) is 22.0. The number of benzene rings is 4. The van der Waals surface area contributed by atoms with Gasteiger partial charge in [-0.05, 0) is 44.5 Å².